The van der Waals surface area contributed by atoms with Crippen molar-refractivity contribution < 1.29 is 164 Å². The number of pyridine rings is 6. The number of carbonyl (C=O) groups is 10. The number of nitrogens with two attached hydrogens (primary N) is 1. The predicted molar refractivity (Wildman–Crippen MR) is 559 cm³/mol. The number of rotatable bonds is 18. The first-order valence-electron chi connectivity index (χ1n) is 45.2. The smallest absolute Gasteiger partial charge is 0.870 e. The van der Waals surface area contributed by atoms with Crippen LogP contribution in [-0.4, -0.2) is 220 Å². The van der Waals surface area contributed by atoms with Crippen molar-refractivity contribution in [2.45, 2.75) is 284 Å². The van der Waals surface area contributed by atoms with Crippen LogP contribution in [0.15, 0.2) is 160 Å². The monoisotopic (exact) mass is 2360 g/mol. The Labute approximate surface area is 912 Å². The number of amides is 4. The van der Waals surface area contributed by atoms with Crippen LogP contribution in [0.3, 0.4) is 0 Å². The van der Waals surface area contributed by atoms with Crippen LogP contribution in [0.25, 0.3) is 22.9 Å². The number of ketones is 2. The SMILES string of the molecule is CC(=O)c1coc(Br)n1.CC(C)(C)OC(=O)Cc1cc(Br)ccn1.CC(C)(C)OC(=O)OC(=O)OC(C)(C)C.CCN(C(=O)OC(C)(C)C)c1cc(-c2nc(C(=O)O)co2)ccn1.CCN(C(=O)OC(C)(C)C)c1cc(-c2nc(C(C)=O)co2)ccn1.CCN(C(=O)OC(C)(C)C)c1cc(B2OC(C)(C)C(C)(C)O2)ccn1.CCN(C(=O)OC(C)(C)C)c1cc(Br)ccn1.CCOS(=O)(=O)C(F)(F)F.Nc1cc(Br)ccn1.[Li+].[OH-]. The number of alkyl halides is 3. The summed E-state index contributed by atoms with van der Waals surface area (Å²) in [5.74, 6) is 1.15. The zero-order valence-electron chi connectivity index (χ0n) is 89.9. The number of oxazole rings is 3. The van der Waals surface area contributed by atoms with Gasteiger partial charge in [0, 0.05) is 118 Å². The molecule has 1 fully saturated rings. The van der Waals surface area contributed by atoms with Crippen molar-refractivity contribution in [2.75, 3.05) is 58.1 Å². The van der Waals surface area contributed by atoms with E-state index in [1.807, 2.05) is 147 Å². The van der Waals surface area contributed by atoms with Crippen molar-refractivity contribution in [3.8, 4) is 22.9 Å². The summed E-state index contributed by atoms with van der Waals surface area (Å²) in [4.78, 5) is 158. The van der Waals surface area contributed by atoms with Crippen LogP contribution < -0.4 is 49.7 Å². The summed E-state index contributed by atoms with van der Waals surface area (Å²) in [6.45, 7) is 58.0. The molecule has 818 valence electrons. The van der Waals surface area contributed by atoms with Gasteiger partial charge in [-0.05, 0) is 286 Å². The predicted octanol–water partition coefficient (Wildman–Crippen LogP) is 20.0. The number of Topliss-reactive ketones (excluding diaryl/α,β-unsaturated/α-hetero) is 2. The molecule has 0 atom stereocenters. The van der Waals surface area contributed by atoms with Gasteiger partial charge in [0.25, 0.3) is 4.80 Å². The average molecular weight is 2370 g/mol. The van der Waals surface area contributed by atoms with Gasteiger partial charge in [-0.3, -0.25) is 43.2 Å². The molecule has 4 N–H and O–H groups in total. The van der Waals surface area contributed by atoms with Crippen LogP contribution in [0.4, 0.5) is 71.0 Å². The molecule has 1 aliphatic heterocycles. The number of halogens is 7. The van der Waals surface area contributed by atoms with E-state index >= 15 is 0 Å². The molecule has 1 aliphatic rings. The Balaban J connectivity index is 0.00000169. The van der Waals surface area contributed by atoms with Crippen molar-refractivity contribution in [1.29, 1.82) is 0 Å². The number of aromatic nitrogens is 9. The van der Waals surface area contributed by atoms with Gasteiger partial charge in [-0.15, -0.1) is 0 Å². The Morgan fingerprint density at radius 3 is 1.03 bits per heavy atom. The molecule has 0 unspecified atom stereocenters. The van der Waals surface area contributed by atoms with Gasteiger partial charge in [0.05, 0.1) is 29.9 Å². The first-order valence-corrected chi connectivity index (χ1v) is 49.8. The molecule has 4 amide bonds. The molecule has 9 aromatic heterocycles. The minimum Gasteiger partial charge on any atom is -0.870 e. The number of anilines is 5. The molecule has 0 aromatic carbocycles. The number of esters is 1. The standard InChI is InChI=1S/C18H29BN2O4.C17H21N3O4.C16H19N3O5.C12H17BrN2O2.C11H14BrNO2.C10H18O5.C5H5BrN2.C5H4BrNO2.C3H5F3O3S.Li.H2O/c1-9-21(15(22)23-16(2,3)4)14-12-13(10-11-20-14)19-24-17(5,6)18(7,8)25-19;1-6-20(16(22)24-17(3,4)5)14-9-12(7-8-18-14)15-19-13(10-23-15)11(2)21;1-5-19(15(22)24-16(2,3)4)12-8-10(6-7-17-12)13-18-11(9-23-13)14(20)21;1-5-15(11(16)17-12(2,3)4)10-8-9(13)6-7-14-10;1-11(2,3)15-10(14)7-9-6-8(12)4-5-13-9;1-9(2,3)14-7(11)13-8(12)15-10(4,5)6;6-4-1-2-8-5(7)3-4;1-3(8)4-2-9-5(6)7-4;1-2-9-10(7,8)3(4,5)6;;/h10-12H,9H2,1-8H3;7-10H,6H2,1-5H3;6-9H,5H2,1-4H3,(H,20,21);6-8H,5H2,1-4H3;4-6H,7H2,1-3H3;1-6H3;1-3H,(H2,7,8);2H,1H3;2H2,1H3;;1H2/q;;;;;;;;;+1;/p-1. The van der Waals surface area contributed by atoms with Crippen LogP contribution in [0.1, 0.15) is 259 Å². The zero-order valence-corrected chi connectivity index (χ0v) is 97.1. The Morgan fingerprint density at radius 2 is 0.745 bits per heavy atom. The fourth-order valence-corrected chi connectivity index (χ4v) is 12.0. The fraction of sp³-hybridized carbons (Fsp3) is 0.495. The van der Waals surface area contributed by atoms with Crippen LogP contribution in [-0.2, 0) is 72.7 Å². The van der Waals surface area contributed by atoms with E-state index in [-0.39, 0.29) is 71.7 Å². The van der Waals surface area contributed by atoms with E-state index in [0.717, 1.165) is 32.1 Å². The number of hydrogen-bond donors (Lipinski definition) is 2. The number of carboxylic acid groups (broad SMARTS) is 1. The molecule has 0 aliphatic carbocycles. The topological polar surface area (TPSA) is 551 Å². The summed E-state index contributed by atoms with van der Waals surface area (Å²) in [5, 5.41) is 8.90. The summed E-state index contributed by atoms with van der Waals surface area (Å²) in [6.07, 6.45) is 9.61. The number of aromatic carboxylic acids is 1. The summed E-state index contributed by atoms with van der Waals surface area (Å²) in [5.41, 5.74) is -1.87. The number of nitrogen functional groups attached to an aromatic ring is 1. The van der Waals surface area contributed by atoms with Gasteiger partial charge in [0.2, 0.25) is 11.8 Å². The number of ether oxygens (including phenoxy) is 8. The summed E-state index contributed by atoms with van der Waals surface area (Å²) >= 11 is 12.9. The van der Waals surface area contributed by atoms with Gasteiger partial charge in [0.1, 0.15) is 98.5 Å². The number of nitrogens with zero attached hydrogens (tertiary/aromatic N) is 13. The summed E-state index contributed by atoms with van der Waals surface area (Å²) in [6, 6.07) is 21.0. The van der Waals surface area contributed by atoms with Crippen molar-refractivity contribution in [2.24, 2.45) is 0 Å². The molecule has 1 saturated heterocycles. The van der Waals surface area contributed by atoms with E-state index < -0.39 is 116 Å². The van der Waals surface area contributed by atoms with Gasteiger partial charge in [-0.25, -0.2) is 73.4 Å². The fourth-order valence-electron chi connectivity index (χ4n) is 10.3. The van der Waals surface area contributed by atoms with Crippen LogP contribution in [0.5, 0.6) is 0 Å². The van der Waals surface area contributed by atoms with Crippen molar-refractivity contribution in [1.82, 2.24) is 44.9 Å². The second-order valence-electron chi connectivity index (χ2n) is 38.5. The number of carbonyl (C=O) groups excluding carboxylic acids is 9. The Bertz CT molecular complexity index is 5770. The summed E-state index contributed by atoms with van der Waals surface area (Å²) in [7, 11) is -5.84. The molecular weight excluding hydrogens is 2240 g/mol. The summed E-state index contributed by atoms with van der Waals surface area (Å²) < 4.78 is 128. The van der Waals surface area contributed by atoms with E-state index in [0.29, 0.717) is 88.5 Å². The molecular formula is C97H133BBr4F3LiN14O28S. The van der Waals surface area contributed by atoms with Gasteiger partial charge in [-0.2, -0.15) is 21.6 Å². The molecule has 0 saturated carbocycles. The maximum absolute atomic E-state index is 12.4. The molecule has 0 radical (unpaired) electrons. The Morgan fingerprint density at radius 1 is 0.430 bits per heavy atom. The first kappa shape index (κ1) is 138. The van der Waals surface area contributed by atoms with Crippen LogP contribution in [0, 0.1) is 0 Å². The first-order chi connectivity index (χ1) is 67.3. The molecule has 42 nitrogen and oxygen atoms in total. The average Bonchev–Trinajstić information content (AvgIpc) is 1.62. The van der Waals surface area contributed by atoms with E-state index in [4.69, 9.17) is 66.6 Å². The molecule has 10 heterocycles. The minimum atomic E-state index is -5.35. The largest absolute Gasteiger partial charge is 1.00 e. The quantitative estimate of drug-likeness (QED) is 0.0153. The Hall–Kier alpha value is -11.4. The van der Waals surface area contributed by atoms with Crippen LogP contribution >= 0.6 is 63.7 Å². The number of hydrogen-bond acceptors (Lipinski definition) is 37. The molecule has 10 rings (SSSR count). The van der Waals surface area contributed by atoms with E-state index in [1.54, 1.807) is 157 Å². The van der Waals surface area contributed by atoms with E-state index in [9.17, 15) is 69.5 Å². The number of carboxylic acids is 1. The molecule has 9 aromatic rings. The minimum absolute atomic E-state index is 0. The van der Waals surface area contributed by atoms with Gasteiger partial charge >= 0.3 is 90.2 Å². The van der Waals surface area contributed by atoms with Gasteiger partial charge < -0.3 is 76.8 Å². The maximum atomic E-state index is 12.4. The van der Waals surface area contributed by atoms with Crippen molar-refractivity contribution in [3.63, 3.8) is 0 Å². The van der Waals surface area contributed by atoms with Crippen molar-refractivity contribution >= 4 is 176 Å². The van der Waals surface area contributed by atoms with Gasteiger partial charge in [-0.1, -0.05) is 47.8 Å². The molecule has 52 heteroatoms. The third-order valence-electron chi connectivity index (χ3n) is 17.0. The zero-order chi connectivity index (χ0) is 113. The van der Waals surface area contributed by atoms with Gasteiger partial charge in [0.15, 0.2) is 17.3 Å². The van der Waals surface area contributed by atoms with E-state index in [1.165, 1.54) is 52.2 Å². The second kappa shape index (κ2) is 60.6. The molecule has 149 heavy (non-hydrogen) atoms. The van der Waals surface area contributed by atoms with Crippen molar-refractivity contribution in [3.05, 3.63) is 170 Å². The Kier molecular flexibility index (Phi) is 55.9. The van der Waals surface area contributed by atoms with Crippen LogP contribution in [0.2, 0.25) is 0 Å². The van der Waals surface area contributed by atoms with E-state index in [2.05, 4.69) is 117 Å². The molecule has 0 spiro atoms. The maximum Gasteiger partial charge on any atom is 1.00 e. The molecule has 0 bridgehead atoms. The normalized spacial score (nSPS) is 12.4. The second-order valence-corrected chi connectivity index (χ2v) is 43.5. The third-order valence-corrected chi connectivity index (χ3v) is 20.0. The third kappa shape index (κ3) is 53.7.